The summed E-state index contributed by atoms with van der Waals surface area (Å²) < 4.78 is 18.1. The highest BCUT2D eigenvalue weighted by Crippen LogP contribution is 2.38. The number of halogens is 2. The molecule has 1 aromatic heterocycles. The number of phenols is 1. The minimum absolute atomic E-state index is 0.0408. The molecule has 1 fully saturated rings. The summed E-state index contributed by atoms with van der Waals surface area (Å²) in [5.74, 6) is 1.26. The largest absolute Gasteiger partial charge is 0.508 e. The Balaban J connectivity index is 1.15. The zero-order chi connectivity index (χ0) is 27.0. The Kier molecular flexibility index (Phi) is 10.0. The van der Waals surface area contributed by atoms with Crippen LogP contribution in [0, 0.1) is 0 Å². The van der Waals surface area contributed by atoms with Crippen molar-refractivity contribution in [3.05, 3.63) is 93.7 Å². The number of nitrogens with one attached hydrogen (secondary N) is 1. The van der Waals surface area contributed by atoms with Crippen molar-refractivity contribution < 1.29 is 19.3 Å². The van der Waals surface area contributed by atoms with Crippen LogP contribution in [0.5, 0.6) is 11.5 Å². The van der Waals surface area contributed by atoms with Crippen LogP contribution in [0.25, 0.3) is 10.8 Å². The van der Waals surface area contributed by atoms with Crippen LogP contribution in [0.4, 0.5) is 0 Å². The molecular formula is C31H33Cl2NO4S. The molecule has 2 heterocycles. The highest BCUT2D eigenvalue weighted by Gasteiger charge is 2.27. The van der Waals surface area contributed by atoms with Gasteiger partial charge in [0.25, 0.3) is 0 Å². The molecule has 39 heavy (non-hydrogen) atoms. The molecule has 0 radical (unpaired) electrons. The smallest absolute Gasteiger partial charge is 0.136 e. The Bertz CT molecular complexity index is 1330. The standard InChI is InChI=1S/C31H33Cl2NO4S/c32-31(33)30-27-16-21(2-3-24(27)6-9-28(30)35)19-38-29-17-34-12-10-26(29)23-4-7-25(8-5-23)37-14-1-13-36-18-22-11-15-39-20-22/h2-9,11,15-16,20,26,29,31,34-35H,1,10,12-14,17-19H2. The second kappa shape index (κ2) is 13.8. The summed E-state index contributed by atoms with van der Waals surface area (Å²) in [6.07, 6.45) is 1.89. The summed E-state index contributed by atoms with van der Waals surface area (Å²) in [4.78, 5) is -0.812. The van der Waals surface area contributed by atoms with Crippen LogP contribution in [-0.2, 0) is 22.7 Å². The van der Waals surface area contributed by atoms with Gasteiger partial charge in [-0.25, -0.2) is 0 Å². The molecule has 4 aromatic rings. The van der Waals surface area contributed by atoms with Crippen LogP contribution in [0.1, 0.15) is 45.8 Å². The Hall–Kier alpha value is -2.32. The molecule has 2 unspecified atom stereocenters. The van der Waals surface area contributed by atoms with Gasteiger partial charge in [0.15, 0.2) is 0 Å². The minimum Gasteiger partial charge on any atom is -0.508 e. The first-order valence-electron chi connectivity index (χ1n) is 13.2. The Morgan fingerprint density at radius 2 is 1.82 bits per heavy atom. The summed E-state index contributed by atoms with van der Waals surface area (Å²) >= 11 is 14.0. The fourth-order valence-electron chi connectivity index (χ4n) is 5.01. The van der Waals surface area contributed by atoms with Crippen molar-refractivity contribution in [2.75, 3.05) is 26.3 Å². The van der Waals surface area contributed by atoms with E-state index in [1.54, 1.807) is 17.4 Å². The van der Waals surface area contributed by atoms with E-state index in [9.17, 15) is 5.11 Å². The van der Waals surface area contributed by atoms with Gasteiger partial charge in [-0.1, -0.05) is 53.5 Å². The van der Waals surface area contributed by atoms with Crippen LogP contribution < -0.4 is 10.1 Å². The number of thiophene rings is 1. The molecular weight excluding hydrogens is 553 g/mol. The van der Waals surface area contributed by atoms with E-state index in [-0.39, 0.29) is 11.9 Å². The lowest BCUT2D eigenvalue weighted by Crippen LogP contribution is -2.40. The minimum atomic E-state index is -0.812. The van der Waals surface area contributed by atoms with E-state index in [4.69, 9.17) is 37.4 Å². The first kappa shape index (κ1) is 28.2. The van der Waals surface area contributed by atoms with E-state index in [0.717, 1.165) is 48.0 Å². The number of hydrogen-bond donors (Lipinski definition) is 2. The van der Waals surface area contributed by atoms with Gasteiger partial charge in [0.2, 0.25) is 0 Å². The monoisotopic (exact) mass is 585 g/mol. The number of aromatic hydroxyl groups is 1. The summed E-state index contributed by atoms with van der Waals surface area (Å²) in [6.45, 7) is 4.17. The molecule has 1 aliphatic rings. The average molecular weight is 587 g/mol. The third kappa shape index (κ3) is 7.46. The van der Waals surface area contributed by atoms with Crippen LogP contribution >= 0.6 is 34.5 Å². The molecule has 2 N–H and O–H groups in total. The van der Waals surface area contributed by atoms with E-state index in [0.29, 0.717) is 37.9 Å². The number of hydrogen-bond acceptors (Lipinski definition) is 6. The maximum atomic E-state index is 10.3. The molecule has 0 saturated carbocycles. The Labute approximate surface area is 243 Å². The van der Waals surface area contributed by atoms with Gasteiger partial charge in [0, 0.05) is 24.4 Å². The van der Waals surface area contributed by atoms with Gasteiger partial charge in [-0.3, -0.25) is 0 Å². The maximum Gasteiger partial charge on any atom is 0.136 e. The lowest BCUT2D eigenvalue weighted by Gasteiger charge is -2.32. The van der Waals surface area contributed by atoms with Gasteiger partial charge in [-0.15, -0.1) is 0 Å². The van der Waals surface area contributed by atoms with E-state index >= 15 is 0 Å². The van der Waals surface area contributed by atoms with Crippen molar-refractivity contribution >= 4 is 45.3 Å². The summed E-state index contributed by atoms with van der Waals surface area (Å²) in [7, 11) is 0. The van der Waals surface area contributed by atoms with Gasteiger partial charge in [0.05, 0.1) is 32.5 Å². The normalized spacial score (nSPS) is 17.6. The molecule has 5 rings (SSSR count). The molecule has 1 saturated heterocycles. The lowest BCUT2D eigenvalue weighted by molar-refractivity contribution is 0.0106. The highest BCUT2D eigenvalue weighted by molar-refractivity contribution is 7.07. The first-order valence-corrected chi connectivity index (χ1v) is 15.1. The third-order valence-corrected chi connectivity index (χ3v) is 8.24. The number of ether oxygens (including phenoxy) is 3. The fourth-order valence-corrected chi connectivity index (χ4v) is 6.13. The zero-order valence-electron chi connectivity index (χ0n) is 21.7. The molecule has 1 aliphatic heterocycles. The van der Waals surface area contributed by atoms with E-state index < -0.39 is 4.84 Å². The quantitative estimate of drug-likeness (QED) is 0.131. The van der Waals surface area contributed by atoms with Gasteiger partial charge < -0.3 is 24.6 Å². The van der Waals surface area contributed by atoms with Crippen molar-refractivity contribution in [2.45, 2.75) is 42.9 Å². The number of alkyl halides is 2. The first-order chi connectivity index (χ1) is 19.1. The molecule has 5 nitrogen and oxygen atoms in total. The molecule has 0 bridgehead atoms. The maximum absolute atomic E-state index is 10.3. The van der Waals surface area contributed by atoms with Gasteiger partial charge in [-0.05, 0) is 81.5 Å². The number of phenolic OH excluding ortho intramolecular Hbond substituents is 1. The number of rotatable bonds is 12. The van der Waals surface area contributed by atoms with Gasteiger partial charge in [0.1, 0.15) is 16.3 Å². The lowest BCUT2D eigenvalue weighted by atomic mass is 9.87. The summed E-state index contributed by atoms with van der Waals surface area (Å²) in [5.41, 5.74) is 4.02. The van der Waals surface area contributed by atoms with Crippen molar-refractivity contribution in [2.24, 2.45) is 0 Å². The van der Waals surface area contributed by atoms with Crippen molar-refractivity contribution in [3.8, 4) is 11.5 Å². The predicted octanol–water partition coefficient (Wildman–Crippen LogP) is 7.73. The third-order valence-electron chi connectivity index (χ3n) is 7.07. The van der Waals surface area contributed by atoms with Crippen molar-refractivity contribution in [1.82, 2.24) is 5.32 Å². The van der Waals surface area contributed by atoms with E-state index in [2.05, 4.69) is 34.3 Å². The summed E-state index contributed by atoms with van der Waals surface area (Å²) in [5, 5.41) is 19.7. The molecule has 0 amide bonds. The predicted molar refractivity (Wildman–Crippen MR) is 159 cm³/mol. The molecule has 0 spiro atoms. The summed E-state index contributed by atoms with van der Waals surface area (Å²) in [6, 6.07) is 20.0. The topological polar surface area (TPSA) is 60.0 Å². The number of benzene rings is 3. The van der Waals surface area contributed by atoms with Gasteiger partial charge >= 0.3 is 0 Å². The van der Waals surface area contributed by atoms with Crippen LogP contribution in [0.3, 0.4) is 0 Å². The number of piperidine rings is 1. The Morgan fingerprint density at radius 1 is 0.974 bits per heavy atom. The fraction of sp³-hybridized carbons (Fsp3) is 0.355. The van der Waals surface area contributed by atoms with Gasteiger partial charge in [-0.2, -0.15) is 11.3 Å². The SMILES string of the molecule is Oc1ccc2ccc(COC3CNCCC3c3ccc(OCCCOCc4ccsc4)cc3)cc2c1C(Cl)Cl. The van der Waals surface area contributed by atoms with Crippen molar-refractivity contribution in [3.63, 3.8) is 0 Å². The molecule has 8 heteroatoms. The average Bonchev–Trinajstić information content (AvgIpc) is 3.47. The van der Waals surface area contributed by atoms with Crippen LogP contribution in [0.2, 0.25) is 0 Å². The second-order valence-electron chi connectivity index (χ2n) is 9.76. The van der Waals surface area contributed by atoms with Crippen LogP contribution in [0.15, 0.2) is 71.4 Å². The zero-order valence-corrected chi connectivity index (χ0v) is 24.0. The highest BCUT2D eigenvalue weighted by atomic mass is 35.5. The molecule has 2 atom stereocenters. The molecule has 206 valence electrons. The Morgan fingerprint density at radius 3 is 2.62 bits per heavy atom. The number of fused-ring (bicyclic) bond motifs is 1. The van der Waals surface area contributed by atoms with E-state index in [1.165, 1.54) is 11.1 Å². The second-order valence-corrected chi connectivity index (χ2v) is 11.6. The van der Waals surface area contributed by atoms with E-state index in [1.807, 2.05) is 36.4 Å². The van der Waals surface area contributed by atoms with Crippen LogP contribution in [-0.4, -0.2) is 37.5 Å². The molecule has 0 aliphatic carbocycles. The van der Waals surface area contributed by atoms with Crippen molar-refractivity contribution in [1.29, 1.82) is 0 Å². The molecule has 3 aromatic carbocycles.